The van der Waals surface area contributed by atoms with Gasteiger partial charge >= 0.3 is 0 Å². The zero-order chi connectivity index (χ0) is 16.8. The molecule has 0 spiro atoms. The van der Waals surface area contributed by atoms with Crippen LogP contribution in [-0.2, 0) is 16.1 Å². The molecule has 1 atom stereocenters. The molecule has 1 aromatic heterocycles. The summed E-state index contributed by atoms with van der Waals surface area (Å²) in [6, 6.07) is 9.33. The Labute approximate surface area is 140 Å². The molecular weight excluding hydrogens is 310 g/mol. The van der Waals surface area contributed by atoms with Crippen LogP contribution in [0.2, 0.25) is 0 Å². The fraction of sp³-hybridized carbons (Fsp3) is 0.412. The normalized spacial score (nSPS) is 17.5. The average Bonchev–Trinajstić information content (AvgIpc) is 3.10. The number of carbonyl (C=O) groups is 1. The smallest absolute Gasteiger partial charge is 0.222 e. The van der Waals surface area contributed by atoms with Gasteiger partial charge in [0.2, 0.25) is 5.91 Å². The van der Waals surface area contributed by atoms with Gasteiger partial charge in [0.05, 0.1) is 32.8 Å². The van der Waals surface area contributed by atoms with Crippen molar-refractivity contribution in [1.82, 2.24) is 15.8 Å². The van der Waals surface area contributed by atoms with E-state index in [-0.39, 0.29) is 12.0 Å². The second kappa shape index (κ2) is 7.94. The van der Waals surface area contributed by atoms with Gasteiger partial charge in [0.25, 0.3) is 0 Å². The monoisotopic (exact) mass is 331 g/mol. The number of benzene rings is 1. The van der Waals surface area contributed by atoms with Crippen LogP contribution in [0.1, 0.15) is 12.1 Å². The molecule has 1 aromatic carbocycles. The van der Waals surface area contributed by atoms with Crippen LogP contribution in [0.4, 0.5) is 0 Å². The first-order valence-electron chi connectivity index (χ1n) is 7.93. The third-order valence-corrected chi connectivity index (χ3v) is 3.82. The number of amides is 1. The van der Waals surface area contributed by atoms with Gasteiger partial charge in [0.1, 0.15) is 11.4 Å². The fourth-order valence-corrected chi connectivity index (χ4v) is 2.51. The van der Waals surface area contributed by atoms with Gasteiger partial charge in [0.15, 0.2) is 5.76 Å². The Balaban J connectivity index is 1.50. The Morgan fingerprint density at radius 1 is 1.42 bits per heavy atom. The second-order valence-corrected chi connectivity index (χ2v) is 5.59. The number of nitrogens with one attached hydrogen (secondary N) is 2. The highest BCUT2D eigenvalue weighted by molar-refractivity contribution is 5.76. The van der Waals surface area contributed by atoms with Crippen LogP contribution in [-0.4, -0.2) is 44.0 Å². The highest BCUT2D eigenvalue weighted by atomic mass is 16.5. The van der Waals surface area contributed by atoms with Crippen molar-refractivity contribution in [2.45, 2.75) is 19.1 Å². The largest absolute Gasteiger partial charge is 0.497 e. The van der Waals surface area contributed by atoms with Gasteiger partial charge in [-0.05, 0) is 24.3 Å². The van der Waals surface area contributed by atoms with Crippen LogP contribution < -0.4 is 15.4 Å². The molecule has 1 amide bonds. The van der Waals surface area contributed by atoms with Gasteiger partial charge < -0.3 is 24.6 Å². The lowest BCUT2D eigenvalue weighted by atomic mass is 10.1. The predicted molar refractivity (Wildman–Crippen MR) is 87.6 cm³/mol. The molecule has 1 fully saturated rings. The van der Waals surface area contributed by atoms with Gasteiger partial charge in [-0.2, -0.15) is 0 Å². The number of aromatic nitrogens is 1. The lowest BCUT2D eigenvalue weighted by Gasteiger charge is -2.22. The predicted octanol–water partition coefficient (Wildman–Crippen LogP) is 1.34. The minimum atomic E-state index is -0.0640. The Kier molecular flexibility index (Phi) is 5.45. The Morgan fingerprint density at radius 2 is 2.25 bits per heavy atom. The molecule has 0 saturated carbocycles. The highest BCUT2D eigenvalue weighted by Gasteiger charge is 2.17. The first kappa shape index (κ1) is 16.5. The van der Waals surface area contributed by atoms with Crippen molar-refractivity contribution in [3.63, 3.8) is 0 Å². The van der Waals surface area contributed by atoms with Gasteiger partial charge in [0, 0.05) is 24.7 Å². The Morgan fingerprint density at radius 3 is 2.96 bits per heavy atom. The van der Waals surface area contributed by atoms with E-state index in [1.54, 1.807) is 7.11 Å². The molecule has 0 radical (unpaired) electrons. The first-order valence-corrected chi connectivity index (χ1v) is 7.93. The zero-order valence-electron chi connectivity index (χ0n) is 13.6. The summed E-state index contributed by atoms with van der Waals surface area (Å²) in [5.41, 5.74) is 1.58. The number of morpholine rings is 1. The fourth-order valence-electron chi connectivity index (χ4n) is 2.51. The quantitative estimate of drug-likeness (QED) is 0.831. The van der Waals surface area contributed by atoms with E-state index in [9.17, 15) is 4.79 Å². The molecular formula is C17H21N3O4. The maximum absolute atomic E-state index is 11.9. The molecule has 2 heterocycles. The van der Waals surface area contributed by atoms with Crippen molar-refractivity contribution in [2.75, 3.05) is 26.8 Å². The number of methoxy groups -OCH3 is 1. The molecule has 128 valence electrons. The lowest BCUT2D eigenvalue weighted by Crippen LogP contribution is -2.41. The number of rotatable bonds is 6. The molecule has 2 N–H and O–H groups in total. The van der Waals surface area contributed by atoms with Gasteiger partial charge in [-0.3, -0.25) is 4.79 Å². The van der Waals surface area contributed by atoms with E-state index < -0.39 is 0 Å². The van der Waals surface area contributed by atoms with E-state index in [1.165, 1.54) is 0 Å². The summed E-state index contributed by atoms with van der Waals surface area (Å²) in [5, 5.41) is 10.0. The van der Waals surface area contributed by atoms with Crippen LogP contribution in [0.3, 0.4) is 0 Å². The topological polar surface area (TPSA) is 85.6 Å². The van der Waals surface area contributed by atoms with Crippen LogP contribution in [0, 0.1) is 0 Å². The van der Waals surface area contributed by atoms with E-state index in [4.69, 9.17) is 14.0 Å². The van der Waals surface area contributed by atoms with Crippen LogP contribution in [0.25, 0.3) is 11.3 Å². The van der Waals surface area contributed by atoms with Crippen LogP contribution in [0.5, 0.6) is 5.75 Å². The molecule has 0 bridgehead atoms. The number of hydrogen-bond acceptors (Lipinski definition) is 6. The van der Waals surface area contributed by atoms with E-state index in [0.29, 0.717) is 37.6 Å². The maximum Gasteiger partial charge on any atom is 0.222 e. The minimum Gasteiger partial charge on any atom is -0.497 e. The van der Waals surface area contributed by atoms with Gasteiger partial charge in [-0.15, -0.1) is 0 Å². The lowest BCUT2D eigenvalue weighted by molar-refractivity contribution is -0.124. The average molecular weight is 331 g/mol. The molecule has 1 saturated heterocycles. The summed E-state index contributed by atoms with van der Waals surface area (Å²) in [4.78, 5) is 11.9. The van der Waals surface area contributed by atoms with E-state index >= 15 is 0 Å². The number of nitrogens with zero attached hydrogens (tertiary/aromatic N) is 1. The first-order chi connectivity index (χ1) is 11.7. The van der Waals surface area contributed by atoms with E-state index in [0.717, 1.165) is 17.9 Å². The molecule has 7 heteroatoms. The molecule has 1 aliphatic rings. The van der Waals surface area contributed by atoms with E-state index in [2.05, 4.69) is 15.8 Å². The molecule has 3 rings (SSSR count). The Bertz CT molecular complexity index is 663. The molecule has 0 aliphatic carbocycles. The van der Waals surface area contributed by atoms with Crippen molar-refractivity contribution in [1.29, 1.82) is 0 Å². The van der Waals surface area contributed by atoms with E-state index in [1.807, 2.05) is 30.3 Å². The molecule has 0 unspecified atom stereocenters. The summed E-state index contributed by atoms with van der Waals surface area (Å²) in [5.74, 6) is 1.38. The van der Waals surface area contributed by atoms with Crippen molar-refractivity contribution in [3.8, 4) is 17.1 Å². The van der Waals surface area contributed by atoms with Crippen molar-refractivity contribution < 1.29 is 18.8 Å². The standard InChI is InChI=1S/C17H21N3O4/c1-22-14-4-2-12(3-5-14)16-8-13(20-24-16)10-19-17(21)9-15-11-18-6-7-23-15/h2-5,8,15,18H,6-7,9-11H2,1H3,(H,19,21)/t15-/m0/s1. The molecule has 1 aliphatic heterocycles. The number of ether oxygens (including phenoxy) is 2. The summed E-state index contributed by atoms with van der Waals surface area (Å²) in [7, 11) is 1.62. The maximum atomic E-state index is 11.9. The molecule has 24 heavy (non-hydrogen) atoms. The molecule has 7 nitrogen and oxygen atoms in total. The van der Waals surface area contributed by atoms with Crippen LogP contribution >= 0.6 is 0 Å². The third kappa shape index (κ3) is 4.33. The minimum absolute atomic E-state index is 0.0577. The molecule has 2 aromatic rings. The summed E-state index contributed by atoms with van der Waals surface area (Å²) in [6.07, 6.45) is 0.279. The third-order valence-electron chi connectivity index (χ3n) is 3.82. The SMILES string of the molecule is COc1ccc(-c2cc(CNC(=O)C[C@H]3CNCCO3)no2)cc1. The summed E-state index contributed by atoms with van der Waals surface area (Å²) < 4.78 is 16.0. The number of hydrogen-bond donors (Lipinski definition) is 2. The van der Waals surface area contributed by atoms with Crippen molar-refractivity contribution in [3.05, 3.63) is 36.0 Å². The summed E-state index contributed by atoms with van der Waals surface area (Å²) in [6.45, 7) is 2.52. The number of carbonyl (C=O) groups excluding carboxylic acids is 1. The van der Waals surface area contributed by atoms with Crippen molar-refractivity contribution >= 4 is 5.91 Å². The summed E-state index contributed by atoms with van der Waals surface area (Å²) >= 11 is 0. The van der Waals surface area contributed by atoms with Gasteiger partial charge in [-0.1, -0.05) is 5.16 Å². The second-order valence-electron chi connectivity index (χ2n) is 5.59. The highest BCUT2D eigenvalue weighted by Crippen LogP contribution is 2.23. The van der Waals surface area contributed by atoms with Crippen LogP contribution in [0.15, 0.2) is 34.9 Å². The van der Waals surface area contributed by atoms with Gasteiger partial charge in [-0.25, -0.2) is 0 Å². The van der Waals surface area contributed by atoms with Crippen molar-refractivity contribution in [2.24, 2.45) is 0 Å². The zero-order valence-corrected chi connectivity index (χ0v) is 13.6. The Hall–Kier alpha value is -2.38.